The normalized spacial score (nSPS) is 14.8. The second kappa shape index (κ2) is 6.68. The van der Waals surface area contributed by atoms with E-state index in [-0.39, 0.29) is 10.6 Å². The van der Waals surface area contributed by atoms with Gasteiger partial charge in [0.25, 0.3) is 10.0 Å². The van der Waals surface area contributed by atoms with Gasteiger partial charge in [-0.05, 0) is 49.6 Å². The molecule has 1 N–H and O–H groups in total. The molecular formula is C17H20N2O4S2. The molecule has 2 aromatic carbocycles. The zero-order valence-electron chi connectivity index (χ0n) is 13.8. The summed E-state index contributed by atoms with van der Waals surface area (Å²) in [6.45, 7) is 1.92. The standard InChI is InChI=1S/C17H20N2O4S2/c1-2-24(20,21)18-15-11-10-14-7-6-12-19(17(14)13-15)25(22,23)16-8-4-3-5-9-16/h3-5,8-11,13,18H,2,6-7,12H2,1H3. The number of hydrogen-bond donors (Lipinski definition) is 1. The van der Waals surface area contributed by atoms with Crippen molar-refractivity contribution in [3.8, 4) is 0 Å². The highest BCUT2D eigenvalue weighted by Gasteiger charge is 2.29. The number of aryl methyl sites for hydroxylation is 1. The van der Waals surface area contributed by atoms with Crippen molar-refractivity contribution in [1.82, 2.24) is 0 Å². The Kier molecular flexibility index (Phi) is 4.75. The molecule has 1 aliphatic heterocycles. The highest BCUT2D eigenvalue weighted by atomic mass is 32.2. The SMILES string of the molecule is CCS(=O)(=O)Nc1ccc2c(c1)N(S(=O)(=O)c1ccccc1)CCC2. The molecule has 8 heteroatoms. The third-order valence-electron chi connectivity index (χ3n) is 4.15. The van der Waals surface area contributed by atoms with Crippen LogP contribution in [0, 0.1) is 0 Å². The van der Waals surface area contributed by atoms with Crippen LogP contribution in [0.3, 0.4) is 0 Å². The van der Waals surface area contributed by atoms with E-state index >= 15 is 0 Å². The van der Waals surface area contributed by atoms with Gasteiger partial charge in [0, 0.05) is 6.54 Å². The molecule has 0 amide bonds. The lowest BCUT2D eigenvalue weighted by molar-refractivity contribution is 0.586. The number of rotatable bonds is 5. The Morgan fingerprint density at radius 1 is 1.04 bits per heavy atom. The maximum Gasteiger partial charge on any atom is 0.264 e. The van der Waals surface area contributed by atoms with Crippen LogP contribution in [0.25, 0.3) is 0 Å². The predicted molar refractivity (Wildman–Crippen MR) is 98.8 cm³/mol. The van der Waals surface area contributed by atoms with Gasteiger partial charge in [-0.15, -0.1) is 0 Å². The van der Waals surface area contributed by atoms with Crippen molar-refractivity contribution in [2.45, 2.75) is 24.7 Å². The monoisotopic (exact) mass is 380 g/mol. The van der Waals surface area contributed by atoms with Crippen LogP contribution in [-0.4, -0.2) is 29.1 Å². The van der Waals surface area contributed by atoms with Crippen molar-refractivity contribution in [2.24, 2.45) is 0 Å². The molecule has 25 heavy (non-hydrogen) atoms. The van der Waals surface area contributed by atoms with E-state index in [4.69, 9.17) is 0 Å². The molecule has 134 valence electrons. The molecule has 0 spiro atoms. The van der Waals surface area contributed by atoms with Crippen LogP contribution in [0.1, 0.15) is 18.9 Å². The molecule has 0 fully saturated rings. The summed E-state index contributed by atoms with van der Waals surface area (Å²) < 4.78 is 53.4. The minimum atomic E-state index is -3.69. The first-order chi connectivity index (χ1) is 11.8. The maximum absolute atomic E-state index is 13.0. The van der Waals surface area contributed by atoms with Crippen molar-refractivity contribution in [1.29, 1.82) is 0 Å². The van der Waals surface area contributed by atoms with Crippen LogP contribution in [0.4, 0.5) is 11.4 Å². The van der Waals surface area contributed by atoms with Crippen molar-refractivity contribution >= 4 is 31.4 Å². The summed E-state index contributed by atoms with van der Waals surface area (Å²) in [5.74, 6) is -0.0455. The van der Waals surface area contributed by atoms with Gasteiger partial charge in [-0.3, -0.25) is 9.03 Å². The first kappa shape index (κ1) is 17.8. The number of sulfonamides is 2. The fraction of sp³-hybridized carbons (Fsp3) is 0.294. The van der Waals surface area contributed by atoms with Gasteiger partial charge >= 0.3 is 0 Å². The van der Waals surface area contributed by atoms with Gasteiger partial charge in [0.2, 0.25) is 10.0 Å². The summed E-state index contributed by atoms with van der Waals surface area (Å²) in [6.07, 6.45) is 1.48. The van der Waals surface area contributed by atoms with Gasteiger partial charge < -0.3 is 0 Å². The molecule has 0 unspecified atom stereocenters. The van der Waals surface area contributed by atoms with Gasteiger partial charge in [-0.25, -0.2) is 16.8 Å². The summed E-state index contributed by atoms with van der Waals surface area (Å²) >= 11 is 0. The maximum atomic E-state index is 13.0. The zero-order chi connectivity index (χ0) is 18.1. The van der Waals surface area contributed by atoms with Crippen molar-refractivity contribution in [3.63, 3.8) is 0 Å². The van der Waals surface area contributed by atoms with Gasteiger partial charge in [0.15, 0.2) is 0 Å². The number of hydrogen-bond acceptors (Lipinski definition) is 4. The van der Waals surface area contributed by atoms with Crippen LogP contribution in [0.2, 0.25) is 0 Å². The largest absolute Gasteiger partial charge is 0.283 e. The molecule has 6 nitrogen and oxygen atoms in total. The third-order valence-corrected chi connectivity index (χ3v) is 7.28. The third kappa shape index (κ3) is 3.64. The van der Waals surface area contributed by atoms with Gasteiger partial charge in [0.1, 0.15) is 0 Å². The molecule has 1 aliphatic rings. The lowest BCUT2D eigenvalue weighted by atomic mass is 10.0. The molecule has 0 radical (unpaired) electrons. The minimum absolute atomic E-state index is 0.0455. The van der Waals surface area contributed by atoms with E-state index in [0.29, 0.717) is 17.9 Å². The quantitative estimate of drug-likeness (QED) is 0.864. The fourth-order valence-electron chi connectivity index (χ4n) is 2.83. The Hall–Kier alpha value is -2.06. The lowest BCUT2D eigenvalue weighted by Gasteiger charge is -2.31. The number of nitrogens with one attached hydrogen (secondary N) is 1. The first-order valence-electron chi connectivity index (χ1n) is 8.05. The number of anilines is 2. The Labute approximate surface area is 148 Å². The molecule has 0 bridgehead atoms. The highest BCUT2D eigenvalue weighted by molar-refractivity contribution is 7.93. The van der Waals surface area contributed by atoms with Crippen LogP contribution < -0.4 is 9.03 Å². The van der Waals surface area contributed by atoms with Gasteiger partial charge in [-0.2, -0.15) is 0 Å². The molecule has 0 atom stereocenters. The van der Waals surface area contributed by atoms with E-state index in [1.54, 1.807) is 55.5 Å². The average molecular weight is 380 g/mol. The summed E-state index contributed by atoms with van der Waals surface area (Å²) in [5, 5.41) is 0. The molecule has 3 rings (SSSR count). The summed E-state index contributed by atoms with van der Waals surface area (Å²) in [4.78, 5) is 0.224. The second-order valence-corrected chi connectivity index (χ2v) is 9.72. The van der Waals surface area contributed by atoms with E-state index in [1.807, 2.05) is 0 Å². The summed E-state index contributed by atoms with van der Waals surface area (Å²) in [6, 6.07) is 13.3. The smallest absolute Gasteiger partial charge is 0.264 e. The Bertz CT molecular complexity index is 971. The first-order valence-corrected chi connectivity index (χ1v) is 11.1. The van der Waals surface area contributed by atoms with E-state index in [2.05, 4.69) is 4.72 Å². The van der Waals surface area contributed by atoms with Gasteiger partial charge in [0.05, 0.1) is 22.0 Å². The molecule has 1 heterocycles. The minimum Gasteiger partial charge on any atom is -0.283 e. The summed E-state index contributed by atoms with van der Waals surface area (Å²) in [7, 11) is -7.11. The number of nitrogens with zero attached hydrogens (tertiary/aromatic N) is 1. The van der Waals surface area contributed by atoms with Crippen LogP contribution in [0.15, 0.2) is 53.4 Å². The van der Waals surface area contributed by atoms with Crippen LogP contribution >= 0.6 is 0 Å². The molecule has 0 aromatic heterocycles. The van der Waals surface area contributed by atoms with E-state index in [9.17, 15) is 16.8 Å². The molecule has 0 saturated heterocycles. The number of benzene rings is 2. The van der Waals surface area contributed by atoms with Crippen LogP contribution in [-0.2, 0) is 26.5 Å². The highest BCUT2D eigenvalue weighted by Crippen LogP contribution is 2.34. The Morgan fingerprint density at radius 2 is 1.76 bits per heavy atom. The molecule has 2 aromatic rings. The van der Waals surface area contributed by atoms with E-state index in [1.165, 1.54) is 4.31 Å². The van der Waals surface area contributed by atoms with Gasteiger partial charge in [-0.1, -0.05) is 24.3 Å². The molecule has 0 saturated carbocycles. The van der Waals surface area contributed by atoms with E-state index in [0.717, 1.165) is 18.4 Å². The molecule has 0 aliphatic carbocycles. The number of fused-ring (bicyclic) bond motifs is 1. The van der Waals surface area contributed by atoms with Crippen LogP contribution in [0.5, 0.6) is 0 Å². The molecular weight excluding hydrogens is 360 g/mol. The predicted octanol–water partition coefficient (Wildman–Crippen LogP) is 2.59. The van der Waals surface area contributed by atoms with Crippen molar-refractivity contribution in [2.75, 3.05) is 21.3 Å². The van der Waals surface area contributed by atoms with Crippen molar-refractivity contribution in [3.05, 3.63) is 54.1 Å². The fourth-order valence-corrected chi connectivity index (χ4v) is 5.01. The Morgan fingerprint density at radius 3 is 2.44 bits per heavy atom. The topological polar surface area (TPSA) is 83.6 Å². The average Bonchev–Trinajstić information content (AvgIpc) is 2.61. The second-order valence-electron chi connectivity index (χ2n) is 5.84. The van der Waals surface area contributed by atoms with E-state index < -0.39 is 20.0 Å². The Balaban J connectivity index is 2.04. The van der Waals surface area contributed by atoms with Crippen molar-refractivity contribution < 1.29 is 16.8 Å². The lowest BCUT2D eigenvalue weighted by Crippen LogP contribution is -2.35. The zero-order valence-corrected chi connectivity index (χ0v) is 15.5. The summed E-state index contributed by atoms with van der Waals surface area (Å²) in [5.41, 5.74) is 1.80.